The van der Waals surface area contributed by atoms with Crippen LogP contribution in [0.4, 0.5) is 0 Å². The number of aromatic amines is 1. The molecule has 1 aromatic rings. The van der Waals surface area contributed by atoms with E-state index in [-0.39, 0.29) is 10.7 Å². The molecule has 0 unspecified atom stereocenters. The van der Waals surface area contributed by atoms with E-state index in [1.165, 1.54) is 4.57 Å². The predicted octanol–water partition coefficient (Wildman–Crippen LogP) is 2.32. The predicted molar refractivity (Wildman–Crippen MR) is 69.8 cm³/mol. The van der Waals surface area contributed by atoms with Crippen LogP contribution in [0, 0.1) is 12.8 Å². The molecule has 1 aromatic heterocycles. The molecule has 17 heavy (non-hydrogen) atoms. The lowest BCUT2D eigenvalue weighted by Crippen LogP contribution is -2.36. The van der Waals surface area contributed by atoms with Crippen LogP contribution in [-0.4, -0.2) is 9.55 Å². The van der Waals surface area contributed by atoms with Crippen LogP contribution in [0.2, 0.25) is 5.15 Å². The number of nitrogens with zero attached hydrogens (tertiary/aromatic N) is 1. The van der Waals surface area contributed by atoms with Gasteiger partial charge in [0.05, 0.1) is 0 Å². The van der Waals surface area contributed by atoms with E-state index in [0.29, 0.717) is 18.0 Å². The Balaban J connectivity index is 2.76. The zero-order chi connectivity index (χ0) is 13.0. The monoisotopic (exact) mass is 258 g/mol. The molecule has 96 valence electrons. The zero-order valence-corrected chi connectivity index (χ0v) is 11.3. The number of unbranched alkanes of at least 4 members (excludes halogenated alkanes) is 1. The topological polar surface area (TPSA) is 54.9 Å². The van der Waals surface area contributed by atoms with E-state index in [0.717, 1.165) is 19.3 Å². The molecule has 1 heterocycles. The largest absolute Gasteiger partial charge is 0.329 e. The van der Waals surface area contributed by atoms with E-state index in [4.69, 9.17) is 11.6 Å². The summed E-state index contributed by atoms with van der Waals surface area (Å²) in [6.45, 7) is 6.39. The average molecular weight is 259 g/mol. The minimum atomic E-state index is -0.421. The van der Waals surface area contributed by atoms with Gasteiger partial charge >= 0.3 is 5.69 Å². The molecule has 1 N–H and O–H groups in total. The zero-order valence-electron chi connectivity index (χ0n) is 10.5. The first-order chi connectivity index (χ1) is 7.93. The number of hydrogen-bond acceptors (Lipinski definition) is 2. The molecule has 4 nitrogen and oxygen atoms in total. The molecule has 5 heteroatoms. The van der Waals surface area contributed by atoms with Crippen LogP contribution in [0.3, 0.4) is 0 Å². The number of halogens is 1. The quantitative estimate of drug-likeness (QED) is 0.651. The number of nitrogens with one attached hydrogen (secondary N) is 1. The second-order valence-electron chi connectivity index (χ2n) is 4.72. The fourth-order valence-corrected chi connectivity index (χ4v) is 1.83. The Morgan fingerprint density at radius 2 is 1.94 bits per heavy atom. The van der Waals surface area contributed by atoms with Crippen LogP contribution in [-0.2, 0) is 6.54 Å². The van der Waals surface area contributed by atoms with Crippen molar-refractivity contribution in [2.75, 3.05) is 0 Å². The van der Waals surface area contributed by atoms with Gasteiger partial charge in [-0.05, 0) is 19.3 Å². The minimum Gasteiger partial charge on any atom is -0.297 e. The van der Waals surface area contributed by atoms with Gasteiger partial charge in [-0.3, -0.25) is 14.3 Å². The Labute approximate surface area is 106 Å². The first-order valence-corrected chi connectivity index (χ1v) is 6.30. The van der Waals surface area contributed by atoms with Gasteiger partial charge in [0.15, 0.2) is 0 Å². The van der Waals surface area contributed by atoms with E-state index in [1.807, 2.05) is 0 Å². The molecule has 0 aliphatic carbocycles. The third-order valence-electron chi connectivity index (χ3n) is 2.77. The van der Waals surface area contributed by atoms with Crippen LogP contribution in [0.1, 0.15) is 38.7 Å². The maximum atomic E-state index is 11.8. The SMILES string of the molecule is Cc1c(Cl)[nH]c(=O)n(CCCCC(C)C)c1=O. The molecule has 0 aromatic carbocycles. The van der Waals surface area contributed by atoms with Crippen molar-refractivity contribution >= 4 is 11.6 Å². The van der Waals surface area contributed by atoms with Crippen molar-refractivity contribution in [2.24, 2.45) is 5.92 Å². The third kappa shape index (κ3) is 3.73. The van der Waals surface area contributed by atoms with Gasteiger partial charge in [0.1, 0.15) is 5.15 Å². The van der Waals surface area contributed by atoms with Crippen LogP contribution in [0.5, 0.6) is 0 Å². The summed E-state index contributed by atoms with van der Waals surface area (Å²) in [6.07, 6.45) is 2.96. The lowest BCUT2D eigenvalue weighted by atomic mass is 10.1. The van der Waals surface area contributed by atoms with Gasteiger partial charge in [-0.15, -0.1) is 0 Å². The summed E-state index contributed by atoms with van der Waals surface area (Å²) in [4.78, 5) is 25.8. The highest BCUT2D eigenvalue weighted by Crippen LogP contribution is 2.07. The van der Waals surface area contributed by atoms with Crippen LogP contribution in [0.25, 0.3) is 0 Å². The fourth-order valence-electron chi connectivity index (χ4n) is 1.67. The highest BCUT2D eigenvalue weighted by Gasteiger charge is 2.08. The number of aromatic nitrogens is 2. The van der Waals surface area contributed by atoms with E-state index >= 15 is 0 Å². The highest BCUT2D eigenvalue weighted by atomic mass is 35.5. The molecular formula is C12H19ClN2O2. The van der Waals surface area contributed by atoms with E-state index in [2.05, 4.69) is 18.8 Å². The van der Waals surface area contributed by atoms with Crippen LogP contribution in [0.15, 0.2) is 9.59 Å². The third-order valence-corrected chi connectivity index (χ3v) is 3.15. The van der Waals surface area contributed by atoms with E-state index < -0.39 is 5.69 Å². The van der Waals surface area contributed by atoms with Gasteiger partial charge in [0.25, 0.3) is 5.56 Å². The van der Waals surface area contributed by atoms with E-state index in [9.17, 15) is 9.59 Å². The minimum absolute atomic E-state index is 0.137. The normalized spacial score (nSPS) is 11.1. The Morgan fingerprint density at radius 3 is 2.53 bits per heavy atom. The van der Waals surface area contributed by atoms with Gasteiger partial charge in [-0.25, -0.2) is 4.79 Å². The van der Waals surface area contributed by atoms with Crippen molar-refractivity contribution in [3.63, 3.8) is 0 Å². The van der Waals surface area contributed by atoms with Gasteiger partial charge in [0.2, 0.25) is 0 Å². The maximum absolute atomic E-state index is 11.8. The second-order valence-corrected chi connectivity index (χ2v) is 5.09. The van der Waals surface area contributed by atoms with E-state index in [1.54, 1.807) is 6.92 Å². The smallest absolute Gasteiger partial charge is 0.297 e. The Kier molecular flexibility index (Phi) is 5.00. The summed E-state index contributed by atoms with van der Waals surface area (Å²) in [5.74, 6) is 0.650. The van der Waals surface area contributed by atoms with Gasteiger partial charge in [0, 0.05) is 12.1 Å². The fraction of sp³-hybridized carbons (Fsp3) is 0.667. The molecule has 0 amide bonds. The lowest BCUT2D eigenvalue weighted by Gasteiger charge is -2.07. The van der Waals surface area contributed by atoms with Gasteiger partial charge in [-0.1, -0.05) is 38.3 Å². The van der Waals surface area contributed by atoms with Crippen molar-refractivity contribution in [1.82, 2.24) is 9.55 Å². The summed E-state index contributed by atoms with van der Waals surface area (Å²) in [5.41, 5.74) is -0.312. The summed E-state index contributed by atoms with van der Waals surface area (Å²) in [6, 6.07) is 0. The lowest BCUT2D eigenvalue weighted by molar-refractivity contribution is 0.495. The molecule has 0 fully saturated rings. The maximum Gasteiger partial charge on any atom is 0.329 e. The van der Waals surface area contributed by atoms with Crippen molar-refractivity contribution in [3.8, 4) is 0 Å². The summed E-state index contributed by atoms with van der Waals surface area (Å²) >= 11 is 5.73. The first-order valence-electron chi connectivity index (χ1n) is 5.92. The average Bonchev–Trinajstić information content (AvgIpc) is 2.24. The number of H-pyrrole nitrogens is 1. The van der Waals surface area contributed by atoms with Crippen molar-refractivity contribution in [3.05, 3.63) is 31.6 Å². The summed E-state index contributed by atoms with van der Waals surface area (Å²) in [5, 5.41) is 0.137. The van der Waals surface area contributed by atoms with Crippen LogP contribution < -0.4 is 11.2 Å². The molecule has 0 aliphatic heterocycles. The van der Waals surface area contributed by atoms with Crippen molar-refractivity contribution in [2.45, 2.75) is 46.6 Å². The standard InChI is InChI=1S/C12H19ClN2O2/c1-8(2)6-4-5-7-15-11(16)9(3)10(13)14-12(15)17/h8H,4-7H2,1-3H3,(H,14,17). The Bertz CT molecular complexity index is 488. The van der Waals surface area contributed by atoms with Gasteiger partial charge in [-0.2, -0.15) is 0 Å². The molecule has 0 saturated heterocycles. The molecule has 0 spiro atoms. The Morgan fingerprint density at radius 1 is 1.29 bits per heavy atom. The van der Waals surface area contributed by atoms with Crippen molar-refractivity contribution < 1.29 is 0 Å². The molecule has 1 rings (SSSR count). The summed E-state index contributed by atoms with van der Waals surface area (Å²) < 4.78 is 1.22. The number of rotatable bonds is 5. The molecule has 0 atom stereocenters. The molecular weight excluding hydrogens is 240 g/mol. The van der Waals surface area contributed by atoms with Crippen molar-refractivity contribution in [1.29, 1.82) is 0 Å². The molecule has 0 aliphatic rings. The Hall–Kier alpha value is -1.03. The van der Waals surface area contributed by atoms with Gasteiger partial charge < -0.3 is 0 Å². The summed E-state index contributed by atoms with van der Waals surface area (Å²) in [7, 11) is 0. The molecule has 0 radical (unpaired) electrons. The van der Waals surface area contributed by atoms with Crippen LogP contribution >= 0.6 is 11.6 Å². The molecule has 0 bridgehead atoms. The highest BCUT2D eigenvalue weighted by molar-refractivity contribution is 6.30. The number of hydrogen-bond donors (Lipinski definition) is 1. The first kappa shape index (κ1) is 14.0. The second kappa shape index (κ2) is 6.05. The molecule has 0 saturated carbocycles.